The summed E-state index contributed by atoms with van der Waals surface area (Å²) in [4.78, 5) is 11.6. The number of hydrogen-bond acceptors (Lipinski definition) is 4. The molecule has 0 aliphatic carbocycles. The SMILES string of the molecule is CCOC(=O)c1c(C#N)ccc(C(F)(F)F)c1OC(F)(F)F. The lowest BCUT2D eigenvalue weighted by atomic mass is 10.0. The van der Waals surface area contributed by atoms with Gasteiger partial charge in [0, 0.05) is 0 Å². The molecular formula is C12H7F6NO3. The van der Waals surface area contributed by atoms with Crippen LogP contribution < -0.4 is 4.74 Å². The Hall–Kier alpha value is -2.44. The minimum atomic E-state index is -5.49. The maximum Gasteiger partial charge on any atom is 0.573 e. The predicted molar refractivity (Wildman–Crippen MR) is 58.8 cm³/mol. The number of esters is 1. The fourth-order valence-corrected chi connectivity index (χ4v) is 1.53. The number of nitrogens with zero attached hydrogens (tertiary/aromatic N) is 1. The number of benzene rings is 1. The lowest BCUT2D eigenvalue weighted by molar-refractivity contribution is -0.276. The zero-order valence-electron chi connectivity index (χ0n) is 10.8. The van der Waals surface area contributed by atoms with Gasteiger partial charge in [-0.3, -0.25) is 0 Å². The second kappa shape index (κ2) is 6.13. The molecular weight excluding hydrogens is 320 g/mol. The molecule has 0 atom stereocenters. The quantitative estimate of drug-likeness (QED) is 0.628. The van der Waals surface area contributed by atoms with Crippen molar-refractivity contribution >= 4 is 5.97 Å². The van der Waals surface area contributed by atoms with Gasteiger partial charge in [0.1, 0.15) is 11.6 Å². The van der Waals surface area contributed by atoms with Crippen molar-refractivity contribution in [2.75, 3.05) is 6.61 Å². The molecule has 1 rings (SSSR count). The van der Waals surface area contributed by atoms with Crippen LogP contribution in [0.3, 0.4) is 0 Å². The molecule has 0 bridgehead atoms. The normalized spacial score (nSPS) is 11.7. The predicted octanol–water partition coefficient (Wildman–Crippen LogP) is 3.65. The van der Waals surface area contributed by atoms with Crippen LogP contribution in [-0.2, 0) is 10.9 Å². The molecule has 0 heterocycles. The van der Waals surface area contributed by atoms with E-state index in [9.17, 15) is 31.1 Å². The maximum atomic E-state index is 12.8. The van der Waals surface area contributed by atoms with Crippen LogP contribution in [0.1, 0.15) is 28.4 Å². The summed E-state index contributed by atoms with van der Waals surface area (Å²) in [5.74, 6) is -3.33. The Kier molecular flexibility index (Phi) is 4.91. The van der Waals surface area contributed by atoms with E-state index in [2.05, 4.69) is 9.47 Å². The van der Waals surface area contributed by atoms with Gasteiger partial charge >= 0.3 is 18.5 Å². The van der Waals surface area contributed by atoms with Gasteiger partial charge in [-0.2, -0.15) is 18.4 Å². The van der Waals surface area contributed by atoms with Crippen molar-refractivity contribution in [3.63, 3.8) is 0 Å². The summed E-state index contributed by atoms with van der Waals surface area (Å²) in [6, 6.07) is 2.12. The Morgan fingerprint density at radius 1 is 1.23 bits per heavy atom. The molecule has 22 heavy (non-hydrogen) atoms. The summed E-state index contributed by atoms with van der Waals surface area (Å²) in [6.07, 6.45) is -10.7. The van der Waals surface area contributed by atoms with Crippen LogP contribution in [-0.4, -0.2) is 18.9 Å². The molecule has 0 N–H and O–H groups in total. The molecule has 0 amide bonds. The van der Waals surface area contributed by atoms with E-state index in [1.165, 1.54) is 13.0 Å². The summed E-state index contributed by atoms with van der Waals surface area (Å²) < 4.78 is 83.2. The average Bonchev–Trinajstić information content (AvgIpc) is 2.34. The molecule has 1 aromatic carbocycles. The Labute approximate surface area is 119 Å². The van der Waals surface area contributed by atoms with Crippen molar-refractivity contribution < 1.29 is 40.6 Å². The van der Waals surface area contributed by atoms with Crippen LogP contribution >= 0.6 is 0 Å². The molecule has 0 aliphatic rings. The Morgan fingerprint density at radius 3 is 2.23 bits per heavy atom. The fraction of sp³-hybridized carbons (Fsp3) is 0.333. The van der Waals surface area contributed by atoms with Gasteiger partial charge in [-0.1, -0.05) is 0 Å². The number of ether oxygens (including phenoxy) is 2. The first kappa shape index (κ1) is 17.6. The second-order valence-corrected chi connectivity index (χ2v) is 3.74. The molecule has 0 radical (unpaired) electrons. The van der Waals surface area contributed by atoms with Gasteiger partial charge in [0.25, 0.3) is 0 Å². The molecule has 0 spiro atoms. The van der Waals surface area contributed by atoms with E-state index in [0.29, 0.717) is 6.07 Å². The van der Waals surface area contributed by atoms with E-state index in [4.69, 9.17) is 5.26 Å². The summed E-state index contributed by atoms with van der Waals surface area (Å²) in [7, 11) is 0. The minimum Gasteiger partial charge on any atom is -0.462 e. The molecule has 0 saturated carbocycles. The van der Waals surface area contributed by atoms with E-state index in [1.807, 2.05) is 0 Å². The van der Waals surface area contributed by atoms with Crippen molar-refractivity contribution in [3.8, 4) is 11.8 Å². The highest BCUT2D eigenvalue weighted by atomic mass is 19.4. The Balaban J connectivity index is 3.68. The lowest BCUT2D eigenvalue weighted by Crippen LogP contribution is -2.23. The monoisotopic (exact) mass is 327 g/mol. The molecule has 0 unspecified atom stereocenters. The minimum absolute atomic E-state index is 0.225. The highest BCUT2D eigenvalue weighted by Crippen LogP contribution is 2.41. The third-order valence-corrected chi connectivity index (χ3v) is 2.28. The molecule has 120 valence electrons. The standard InChI is InChI=1S/C12H7F6NO3/c1-2-21-10(20)8-6(5-19)3-4-7(11(13,14)15)9(8)22-12(16,17)18/h3-4H,2H2,1H3. The maximum absolute atomic E-state index is 12.8. The van der Waals surface area contributed by atoms with Crippen molar-refractivity contribution in [2.24, 2.45) is 0 Å². The van der Waals surface area contributed by atoms with Crippen molar-refractivity contribution in [2.45, 2.75) is 19.5 Å². The first-order valence-electron chi connectivity index (χ1n) is 5.58. The molecule has 0 saturated heterocycles. The number of halogens is 6. The van der Waals surface area contributed by atoms with Gasteiger partial charge in [-0.15, -0.1) is 13.2 Å². The zero-order chi connectivity index (χ0) is 17.1. The van der Waals surface area contributed by atoms with Crippen molar-refractivity contribution in [3.05, 3.63) is 28.8 Å². The third-order valence-electron chi connectivity index (χ3n) is 2.28. The van der Waals surface area contributed by atoms with Crippen molar-refractivity contribution in [1.82, 2.24) is 0 Å². The van der Waals surface area contributed by atoms with Crippen LogP contribution in [0.5, 0.6) is 5.75 Å². The van der Waals surface area contributed by atoms with Crippen LogP contribution in [0, 0.1) is 11.3 Å². The summed E-state index contributed by atoms with van der Waals surface area (Å²) in [5.41, 5.74) is -3.80. The number of hydrogen-bond donors (Lipinski definition) is 0. The van der Waals surface area contributed by atoms with Crippen LogP contribution in [0.15, 0.2) is 12.1 Å². The highest BCUT2D eigenvalue weighted by Gasteiger charge is 2.42. The van der Waals surface area contributed by atoms with Crippen LogP contribution in [0.25, 0.3) is 0 Å². The summed E-state index contributed by atoms with van der Waals surface area (Å²) in [6.45, 7) is 0.979. The molecule has 0 aromatic heterocycles. The molecule has 10 heteroatoms. The molecule has 0 fully saturated rings. The van der Waals surface area contributed by atoms with Crippen LogP contribution in [0.4, 0.5) is 26.3 Å². The Morgan fingerprint density at radius 2 is 1.82 bits per heavy atom. The first-order valence-corrected chi connectivity index (χ1v) is 5.58. The van der Waals surface area contributed by atoms with E-state index in [0.717, 1.165) is 0 Å². The number of alkyl halides is 6. The summed E-state index contributed by atoms with van der Waals surface area (Å²) >= 11 is 0. The zero-order valence-corrected chi connectivity index (χ0v) is 10.8. The number of carbonyl (C=O) groups is 1. The number of nitriles is 1. The fourth-order valence-electron chi connectivity index (χ4n) is 1.53. The first-order chi connectivity index (χ1) is 10.0. The summed E-state index contributed by atoms with van der Waals surface area (Å²) in [5, 5.41) is 8.78. The van der Waals surface area contributed by atoms with Gasteiger partial charge in [0.05, 0.1) is 17.7 Å². The molecule has 0 aliphatic heterocycles. The van der Waals surface area contributed by atoms with E-state index >= 15 is 0 Å². The van der Waals surface area contributed by atoms with Gasteiger partial charge in [-0.25, -0.2) is 4.79 Å². The third kappa shape index (κ3) is 4.03. The smallest absolute Gasteiger partial charge is 0.462 e. The number of rotatable bonds is 3. The van der Waals surface area contributed by atoms with E-state index in [-0.39, 0.29) is 12.7 Å². The van der Waals surface area contributed by atoms with Gasteiger partial charge in [0.15, 0.2) is 5.75 Å². The van der Waals surface area contributed by atoms with Gasteiger partial charge in [-0.05, 0) is 19.1 Å². The highest BCUT2D eigenvalue weighted by molar-refractivity contribution is 5.96. The van der Waals surface area contributed by atoms with Gasteiger partial charge < -0.3 is 9.47 Å². The van der Waals surface area contributed by atoms with Gasteiger partial charge in [0.2, 0.25) is 0 Å². The number of carbonyl (C=O) groups excluding carboxylic acids is 1. The van der Waals surface area contributed by atoms with Crippen LogP contribution in [0.2, 0.25) is 0 Å². The average molecular weight is 327 g/mol. The second-order valence-electron chi connectivity index (χ2n) is 3.74. The van der Waals surface area contributed by atoms with E-state index < -0.39 is 40.9 Å². The topological polar surface area (TPSA) is 59.3 Å². The Bertz CT molecular complexity index is 615. The molecule has 4 nitrogen and oxygen atoms in total. The van der Waals surface area contributed by atoms with Crippen molar-refractivity contribution in [1.29, 1.82) is 5.26 Å². The largest absolute Gasteiger partial charge is 0.573 e. The molecule has 1 aromatic rings. The lowest BCUT2D eigenvalue weighted by Gasteiger charge is -2.18. The van der Waals surface area contributed by atoms with E-state index in [1.54, 1.807) is 0 Å².